The van der Waals surface area contributed by atoms with Gasteiger partial charge in [0.1, 0.15) is 11.6 Å². The van der Waals surface area contributed by atoms with Crippen molar-refractivity contribution in [3.63, 3.8) is 0 Å². The smallest absolute Gasteiger partial charge is 0.222 e. The number of nitrogens with one attached hydrogen (secondary N) is 1. The maximum Gasteiger partial charge on any atom is 0.222 e. The maximum absolute atomic E-state index is 14.4. The van der Waals surface area contributed by atoms with Crippen LogP contribution >= 0.6 is 0 Å². The van der Waals surface area contributed by atoms with Crippen molar-refractivity contribution >= 4 is 5.91 Å². The molecule has 1 saturated heterocycles. The predicted octanol–water partition coefficient (Wildman–Crippen LogP) is 4.14. The highest BCUT2D eigenvalue weighted by Crippen LogP contribution is 2.48. The summed E-state index contributed by atoms with van der Waals surface area (Å²) in [6, 6.07) is 3.46. The third-order valence-electron chi connectivity index (χ3n) is 6.08. The normalized spacial score (nSPS) is 33.4. The minimum atomic E-state index is -0.583. The van der Waals surface area contributed by atoms with Crippen LogP contribution in [0.4, 0.5) is 8.78 Å². The largest absolute Gasteiger partial charge is 0.384 e. The van der Waals surface area contributed by atoms with E-state index in [1.807, 2.05) is 6.92 Å². The fourth-order valence-electron chi connectivity index (χ4n) is 4.67. The third kappa shape index (κ3) is 4.49. The van der Waals surface area contributed by atoms with E-state index in [0.717, 1.165) is 31.4 Å². The highest BCUT2D eigenvalue weighted by molar-refractivity contribution is 5.77. The Morgan fingerprint density at radius 2 is 2.15 bits per heavy atom. The zero-order valence-electron chi connectivity index (χ0n) is 16.3. The molecule has 0 spiro atoms. The SMILES string of the molecule is COCCC(=O)N[C@]1(C)C[C@H](c2cc(F)ccc2F)O[C@@H]2C[C@H](C)CC[C@H]21. The van der Waals surface area contributed by atoms with Gasteiger partial charge in [-0.1, -0.05) is 13.3 Å². The summed E-state index contributed by atoms with van der Waals surface area (Å²) in [7, 11) is 1.56. The van der Waals surface area contributed by atoms with Crippen LogP contribution in [-0.4, -0.2) is 31.3 Å². The highest BCUT2D eigenvalue weighted by atomic mass is 19.1. The summed E-state index contributed by atoms with van der Waals surface area (Å²) in [6.45, 7) is 4.55. The number of carbonyl (C=O) groups excluding carboxylic acids is 1. The minimum Gasteiger partial charge on any atom is -0.384 e. The van der Waals surface area contributed by atoms with Crippen LogP contribution in [0.5, 0.6) is 0 Å². The predicted molar refractivity (Wildman–Crippen MR) is 98.1 cm³/mol. The van der Waals surface area contributed by atoms with E-state index in [1.54, 1.807) is 7.11 Å². The number of fused-ring (bicyclic) bond motifs is 1. The number of rotatable bonds is 5. The lowest BCUT2D eigenvalue weighted by molar-refractivity contribution is -0.154. The van der Waals surface area contributed by atoms with E-state index in [2.05, 4.69) is 12.2 Å². The van der Waals surface area contributed by atoms with Gasteiger partial charge in [-0.05, 0) is 43.9 Å². The molecule has 1 aliphatic heterocycles. The topological polar surface area (TPSA) is 47.6 Å². The Bertz CT molecular complexity index is 683. The number of hydrogen-bond acceptors (Lipinski definition) is 3. The molecule has 150 valence electrons. The quantitative estimate of drug-likeness (QED) is 0.834. The summed E-state index contributed by atoms with van der Waals surface area (Å²) >= 11 is 0. The van der Waals surface area contributed by atoms with Crippen LogP contribution in [0.15, 0.2) is 18.2 Å². The number of carbonyl (C=O) groups is 1. The summed E-state index contributed by atoms with van der Waals surface area (Å²) in [5, 5.41) is 3.16. The first-order valence-electron chi connectivity index (χ1n) is 9.72. The molecule has 1 saturated carbocycles. The highest BCUT2D eigenvalue weighted by Gasteiger charge is 2.49. The molecule has 2 fully saturated rings. The Balaban J connectivity index is 1.87. The maximum atomic E-state index is 14.4. The van der Waals surface area contributed by atoms with Crippen LogP contribution in [0.2, 0.25) is 0 Å². The van der Waals surface area contributed by atoms with E-state index in [0.29, 0.717) is 18.9 Å². The van der Waals surface area contributed by atoms with E-state index >= 15 is 0 Å². The molecule has 1 heterocycles. The summed E-state index contributed by atoms with van der Waals surface area (Å²) < 4.78 is 39.4. The first-order valence-corrected chi connectivity index (χ1v) is 9.72. The van der Waals surface area contributed by atoms with Gasteiger partial charge >= 0.3 is 0 Å². The molecular formula is C21H29F2NO3. The lowest BCUT2D eigenvalue weighted by Crippen LogP contribution is -2.60. The number of ether oxygens (including phenoxy) is 2. The first kappa shape index (κ1) is 20.2. The summed E-state index contributed by atoms with van der Waals surface area (Å²) in [5.74, 6) is -0.377. The molecule has 1 aliphatic carbocycles. The summed E-state index contributed by atoms with van der Waals surface area (Å²) in [6.07, 6.45) is 2.92. The van der Waals surface area contributed by atoms with E-state index in [-0.39, 0.29) is 29.9 Å². The fraction of sp³-hybridized carbons (Fsp3) is 0.667. The van der Waals surface area contributed by atoms with Crippen LogP contribution in [0.3, 0.4) is 0 Å². The van der Waals surface area contributed by atoms with Crippen LogP contribution < -0.4 is 5.32 Å². The molecular weight excluding hydrogens is 352 g/mol. The number of hydrogen-bond donors (Lipinski definition) is 1. The Morgan fingerprint density at radius 3 is 2.89 bits per heavy atom. The molecule has 0 unspecified atom stereocenters. The van der Waals surface area contributed by atoms with E-state index in [4.69, 9.17) is 9.47 Å². The average molecular weight is 381 g/mol. The fourth-order valence-corrected chi connectivity index (χ4v) is 4.67. The molecule has 5 atom stereocenters. The average Bonchev–Trinajstić information content (AvgIpc) is 2.61. The summed E-state index contributed by atoms with van der Waals surface area (Å²) in [5.41, 5.74) is -0.304. The Kier molecular flexibility index (Phi) is 6.16. The lowest BCUT2D eigenvalue weighted by atomic mass is 9.66. The Hall–Kier alpha value is -1.53. The molecule has 6 heteroatoms. The summed E-state index contributed by atoms with van der Waals surface area (Å²) in [4.78, 5) is 12.4. The molecule has 1 aromatic carbocycles. The van der Waals surface area contributed by atoms with Crippen molar-refractivity contribution in [1.82, 2.24) is 5.32 Å². The van der Waals surface area contributed by atoms with Crippen LogP contribution in [-0.2, 0) is 14.3 Å². The van der Waals surface area contributed by atoms with Crippen molar-refractivity contribution in [3.8, 4) is 0 Å². The van der Waals surface area contributed by atoms with Crippen molar-refractivity contribution in [3.05, 3.63) is 35.4 Å². The van der Waals surface area contributed by atoms with Gasteiger partial charge in [0.15, 0.2) is 0 Å². The van der Waals surface area contributed by atoms with Gasteiger partial charge in [-0.3, -0.25) is 4.79 Å². The van der Waals surface area contributed by atoms with Crippen molar-refractivity contribution in [2.75, 3.05) is 13.7 Å². The zero-order valence-corrected chi connectivity index (χ0v) is 16.3. The molecule has 0 aromatic heterocycles. The van der Waals surface area contributed by atoms with E-state index in [1.165, 1.54) is 6.07 Å². The van der Waals surface area contributed by atoms with Crippen molar-refractivity contribution in [2.45, 2.75) is 63.7 Å². The second-order valence-corrected chi connectivity index (χ2v) is 8.27. The second-order valence-electron chi connectivity index (χ2n) is 8.27. The Morgan fingerprint density at radius 1 is 1.37 bits per heavy atom. The van der Waals surface area contributed by atoms with Gasteiger partial charge in [0.25, 0.3) is 0 Å². The molecule has 1 amide bonds. The third-order valence-corrected chi connectivity index (χ3v) is 6.08. The molecule has 4 nitrogen and oxygen atoms in total. The van der Waals surface area contributed by atoms with Gasteiger partial charge in [0.05, 0.1) is 18.8 Å². The molecule has 0 radical (unpaired) electrons. The molecule has 1 aromatic rings. The first-order chi connectivity index (χ1) is 12.8. The molecule has 0 bridgehead atoms. The van der Waals surface area contributed by atoms with Gasteiger partial charge in [-0.2, -0.15) is 0 Å². The molecule has 1 N–H and O–H groups in total. The van der Waals surface area contributed by atoms with E-state index in [9.17, 15) is 13.6 Å². The minimum absolute atomic E-state index is 0.0807. The number of halogens is 2. The monoisotopic (exact) mass is 381 g/mol. The molecule has 3 rings (SSSR count). The Labute approximate surface area is 159 Å². The van der Waals surface area contributed by atoms with Gasteiger partial charge in [0.2, 0.25) is 5.91 Å². The zero-order chi connectivity index (χ0) is 19.6. The second kappa shape index (κ2) is 8.23. The molecule has 2 aliphatic rings. The van der Waals surface area contributed by atoms with Gasteiger partial charge < -0.3 is 14.8 Å². The van der Waals surface area contributed by atoms with Crippen molar-refractivity contribution in [1.29, 1.82) is 0 Å². The van der Waals surface area contributed by atoms with Crippen LogP contribution in [0.25, 0.3) is 0 Å². The van der Waals surface area contributed by atoms with Crippen LogP contribution in [0, 0.1) is 23.5 Å². The molecule has 27 heavy (non-hydrogen) atoms. The number of amides is 1. The van der Waals surface area contributed by atoms with Crippen molar-refractivity contribution in [2.24, 2.45) is 11.8 Å². The van der Waals surface area contributed by atoms with Gasteiger partial charge in [-0.25, -0.2) is 8.78 Å². The van der Waals surface area contributed by atoms with E-state index < -0.39 is 23.3 Å². The van der Waals surface area contributed by atoms with Gasteiger partial charge in [0, 0.05) is 37.0 Å². The lowest BCUT2D eigenvalue weighted by Gasteiger charge is -2.52. The van der Waals surface area contributed by atoms with Crippen molar-refractivity contribution < 1.29 is 23.0 Å². The van der Waals surface area contributed by atoms with Gasteiger partial charge in [-0.15, -0.1) is 0 Å². The number of methoxy groups -OCH3 is 1. The number of benzene rings is 1. The standard InChI is InChI=1S/C21H29F2NO3/c1-13-4-6-16-18(10-13)27-19(15-11-14(22)5-7-17(15)23)12-21(16,2)24-20(25)8-9-26-3/h5,7,11,13,16,18-19H,4,6,8-10,12H2,1-3H3,(H,24,25)/t13-,16-,18-,19-,21-/m1/s1. The van der Waals surface area contributed by atoms with Crippen LogP contribution in [0.1, 0.15) is 57.6 Å².